The fraction of sp³-hybridized carbons (Fsp3) is 0.778. The average molecular weight is 253 g/mol. The van der Waals surface area contributed by atoms with Crippen molar-refractivity contribution in [3.8, 4) is 0 Å². The summed E-state index contributed by atoms with van der Waals surface area (Å²) < 4.78 is 4.88. The molecule has 1 atom stereocenters. The molecule has 0 saturated heterocycles. The number of ether oxygens (including phenoxy) is 1. The first-order valence-electron chi connectivity index (χ1n) is 5.05. The zero-order valence-corrected chi connectivity index (χ0v) is 10.3. The van der Waals surface area contributed by atoms with E-state index in [0.717, 1.165) is 6.42 Å². The highest BCUT2D eigenvalue weighted by Gasteiger charge is 2.13. The van der Waals surface area contributed by atoms with E-state index in [1.54, 1.807) is 0 Å². The molecule has 0 rings (SSSR count). The molecule has 6 N–H and O–H groups in total. The van der Waals surface area contributed by atoms with E-state index < -0.39 is 6.04 Å². The number of guanidine groups is 1. The third kappa shape index (κ3) is 9.54. The normalized spacial score (nSPS) is 11.1. The molecule has 16 heavy (non-hydrogen) atoms. The fourth-order valence-electron chi connectivity index (χ4n) is 0.947. The van der Waals surface area contributed by atoms with Gasteiger partial charge < -0.3 is 21.9 Å². The molecule has 0 aromatic carbocycles. The molecule has 0 aromatic heterocycles. The summed E-state index contributed by atoms with van der Waals surface area (Å²) in [6.07, 6.45) is 1.99. The number of nitrogens with two attached hydrogens (primary N) is 3. The van der Waals surface area contributed by atoms with Crippen LogP contribution in [0.5, 0.6) is 0 Å². The van der Waals surface area contributed by atoms with Crippen molar-refractivity contribution in [1.82, 2.24) is 0 Å². The molecule has 0 aliphatic heterocycles. The second kappa shape index (κ2) is 10.5. The van der Waals surface area contributed by atoms with Crippen molar-refractivity contribution in [3.05, 3.63) is 0 Å². The van der Waals surface area contributed by atoms with Crippen LogP contribution in [0.2, 0.25) is 0 Å². The maximum atomic E-state index is 11.2. The number of halogens is 1. The molecule has 0 bridgehead atoms. The van der Waals surface area contributed by atoms with Gasteiger partial charge in [-0.05, 0) is 19.3 Å². The van der Waals surface area contributed by atoms with Crippen LogP contribution < -0.4 is 17.2 Å². The maximum Gasteiger partial charge on any atom is 0.322 e. The highest BCUT2D eigenvalue weighted by molar-refractivity contribution is 5.85. The van der Waals surface area contributed by atoms with E-state index in [0.29, 0.717) is 26.0 Å². The number of carbonyl (C=O) groups excluding carboxylic acids is 1. The molecule has 0 aliphatic carbocycles. The summed E-state index contributed by atoms with van der Waals surface area (Å²) in [6.45, 7) is 2.83. The van der Waals surface area contributed by atoms with Gasteiger partial charge in [-0.2, -0.15) is 0 Å². The van der Waals surface area contributed by atoms with Crippen molar-refractivity contribution < 1.29 is 9.53 Å². The van der Waals surface area contributed by atoms with Crippen LogP contribution in [0.4, 0.5) is 0 Å². The Balaban J connectivity index is 0. The monoisotopic (exact) mass is 252 g/mol. The van der Waals surface area contributed by atoms with Crippen molar-refractivity contribution in [1.29, 1.82) is 0 Å². The van der Waals surface area contributed by atoms with Crippen LogP contribution in [0.15, 0.2) is 4.99 Å². The third-order valence-corrected chi connectivity index (χ3v) is 1.72. The van der Waals surface area contributed by atoms with Crippen molar-refractivity contribution in [2.45, 2.75) is 32.2 Å². The zero-order chi connectivity index (χ0) is 11.7. The van der Waals surface area contributed by atoms with E-state index in [-0.39, 0.29) is 24.3 Å². The van der Waals surface area contributed by atoms with Gasteiger partial charge in [-0.15, -0.1) is 12.4 Å². The van der Waals surface area contributed by atoms with Crippen LogP contribution in [0.3, 0.4) is 0 Å². The summed E-state index contributed by atoms with van der Waals surface area (Å²) in [5.41, 5.74) is 15.9. The molecule has 0 unspecified atom stereocenters. The molecule has 0 fully saturated rings. The lowest BCUT2D eigenvalue weighted by molar-refractivity contribution is -0.145. The summed E-state index contributed by atoms with van der Waals surface area (Å²) in [4.78, 5) is 15.0. The lowest BCUT2D eigenvalue weighted by Crippen LogP contribution is -2.32. The van der Waals surface area contributed by atoms with Crippen LogP contribution in [0.25, 0.3) is 0 Å². The van der Waals surface area contributed by atoms with Gasteiger partial charge in [0.25, 0.3) is 0 Å². The van der Waals surface area contributed by atoms with Gasteiger partial charge in [0.05, 0.1) is 6.61 Å². The number of hydrogen-bond donors (Lipinski definition) is 3. The predicted octanol–water partition coefficient (Wildman–Crippen LogP) is -0.258. The molecular weight excluding hydrogens is 232 g/mol. The number of esters is 1. The Labute approximate surface area is 102 Å². The van der Waals surface area contributed by atoms with Gasteiger partial charge in [0.1, 0.15) is 6.04 Å². The molecular formula is C9H21ClN4O2. The largest absolute Gasteiger partial charge is 0.465 e. The molecule has 0 amide bonds. The number of aliphatic imine (C=N–C) groups is 1. The van der Waals surface area contributed by atoms with Crippen molar-refractivity contribution >= 4 is 24.3 Å². The van der Waals surface area contributed by atoms with E-state index in [1.807, 2.05) is 6.92 Å². The fourth-order valence-corrected chi connectivity index (χ4v) is 0.947. The lowest BCUT2D eigenvalue weighted by Gasteiger charge is -2.09. The number of carbonyl (C=O) groups is 1. The van der Waals surface area contributed by atoms with E-state index in [9.17, 15) is 4.79 Å². The molecule has 6 nitrogen and oxygen atoms in total. The number of hydrogen-bond acceptors (Lipinski definition) is 4. The van der Waals surface area contributed by atoms with Gasteiger partial charge >= 0.3 is 5.97 Å². The summed E-state index contributed by atoms with van der Waals surface area (Å²) in [5.74, 6) is -0.307. The molecule has 0 radical (unpaired) electrons. The van der Waals surface area contributed by atoms with Gasteiger partial charge in [0.15, 0.2) is 5.96 Å². The van der Waals surface area contributed by atoms with Crippen LogP contribution in [0.1, 0.15) is 26.2 Å². The smallest absolute Gasteiger partial charge is 0.322 e. The Morgan fingerprint density at radius 2 is 2.06 bits per heavy atom. The molecule has 0 spiro atoms. The van der Waals surface area contributed by atoms with Crippen LogP contribution in [0, 0.1) is 0 Å². The molecule has 0 saturated carbocycles. The van der Waals surface area contributed by atoms with Crippen LogP contribution >= 0.6 is 12.4 Å². The third-order valence-electron chi connectivity index (χ3n) is 1.72. The van der Waals surface area contributed by atoms with Gasteiger partial charge in [-0.25, -0.2) is 0 Å². The quantitative estimate of drug-likeness (QED) is 0.250. The Kier molecular flexibility index (Phi) is 11.4. The second-order valence-electron chi connectivity index (χ2n) is 3.22. The van der Waals surface area contributed by atoms with E-state index in [1.165, 1.54) is 0 Å². The zero-order valence-electron chi connectivity index (χ0n) is 9.52. The molecule has 96 valence electrons. The standard InChI is InChI=1S/C9H20N4O2.ClH/c1-2-6-15-8(14)7(10)4-3-5-13-9(11)12;/h7H,2-6,10H2,1H3,(H4,11,12,13);1H/t7-;/m0./s1. The Morgan fingerprint density at radius 1 is 1.44 bits per heavy atom. The Bertz CT molecular complexity index is 220. The second-order valence-corrected chi connectivity index (χ2v) is 3.22. The van der Waals surface area contributed by atoms with Crippen molar-refractivity contribution in [2.24, 2.45) is 22.2 Å². The first-order valence-corrected chi connectivity index (χ1v) is 5.05. The minimum atomic E-state index is -0.578. The summed E-state index contributed by atoms with van der Waals surface area (Å²) in [7, 11) is 0. The van der Waals surface area contributed by atoms with Crippen molar-refractivity contribution in [2.75, 3.05) is 13.2 Å². The van der Waals surface area contributed by atoms with E-state index >= 15 is 0 Å². The van der Waals surface area contributed by atoms with Crippen LogP contribution in [-0.2, 0) is 9.53 Å². The average Bonchev–Trinajstić information content (AvgIpc) is 2.20. The van der Waals surface area contributed by atoms with E-state index in [4.69, 9.17) is 21.9 Å². The molecule has 0 aromatic rings. The lowest BCUT2D eigenvalue weighted by atomic mass is 10.2. The number of rotatable bonds is 7. The summed E-state index contributed by atoms with van der Waals surface area (Å²) in [5, 5.41) is 0. The number of nitrogens with zero attached hydrogens (tertiary/aromatic N) is 1. The van der Waals surface area contributed by atoms with Crippen molar-refractivity contribution in [3.63, 3.8) is 0 Å². The summed E-state index contributed by atoms with van der Waals surface area (Å²) >= 11 is 0. The Morgan fingerprint density at radius 3 is 2.56 bits per heavy atom. The maximum absolute atomic E-state index is 11.2. The van der Waals surface area contributed by atoms with Crippen LogP contribution in [-0.4, -0.2) is 31.1 Å². The van der Waals surface area contributed by atoms with Gasteiger partial charge in [-0.3, -0.25) is 9.79 Å². The van der Waals surface area contributed by atoms with Gasteiger partial charge in [0.2, 0.25) is 0 Å². The highest BCUT2D eigenvalue weighted by atomic mass is 35.5. The van der Waals surface area contributed by atoms with Gasteiger partial charge in [0, 0.05) is 6.54 Å². The Hall–Kier alpha value is -1.01. The predicted molar refractivity (Wildman–Crippen MR) is 66.4 cm³/mol. The first kappa shape index (κ1) is 17.4. The molecule has 0 heterocycles. The first-order chi connectivity index (χ1) is 7.07. The molecule has 0 aliphatic rings. The van der Waals surface area contributed by atoms with Gasteiger partial charge in [-0.1, -0.05) is 6.92 Å². The minimum absolute atomic E-state index is 0. The minimum Gasteiger partial charge on any atom is -0.465 e. The summed E-state index contributed by atoms with van der Waals surface area (Å²) in [6, 6.07) is -0.578. The SMILES string of the molecule is CCCOC(=O)[C@@H](N)CCCN=C(N)N.Cl. The topological polar surface area (TPSA) is 117 Å². The van der Waals surface area contributed by atoms with E-state index in [2.05, 4.69) is 4.99 Å². The molecule has 7 heteroatoms. The highest BCUT2D eigenvalue weighted by Crippen LogP contribution is 1.98.